The van der Waals surface area contributed by atoms with Crippen LogP contribution in [0.1, 0.15) is 76.0 Å². The standard InChI is InChI=1S/C33H38INO4/c1-19-9-8-10-20(11-19)18-39-31-22(34)12-21(13-27(31)38-7)28-29-23(14-32(2,3)16-25(29)36)35(6)24-15-33(4,5)17-26(37)30(24)28/h8-13,28H,14-18H2,1-7H3. The van der Waals surface area contributed by atoms with Crippen LogP contribution < -0.4 is 9.47 Å². The summed E-state index contributed by atoms with van der Waals surface area (Å²) in [7, 11) is 3.68. The van der Waals surface area contributed by atoms with Crippen LogP contribution in [0.4, 0.5) is 0 Å². The Balaban J connectivity index is 1.63. The highest BCUT2D eigenvalue weighted by atomic mass is 127. The minimum atomic E-state index is -0.397. The zero-order valence-electron chi connectivity index (χ0n) is 24.0. The Hall–Kier alpha value is -2.61. The number of benzene rings is 2. The largest absolute Gasteiger partial charge is 0.493 e. The van der Waals surface area contributed by atoms with Crippen LogP contribution in [-0.4, -0.2) is 30.6 Å². The molecule has 2 aromatic carbocycles. The summed E-state index contributed by atoms with van der Waals surface area (Å²) in [6, 6.07) is 12.3. The smallest absolute Gasteiger partial charge is 0.174 e. The molecule has 0 saturated heterocycles. The second-order valence-corrected chi connectivity index (χ2v) is 14.1. The molecule has 5 nitrogen and oxygen atoms in total. The lowest BCUT2D eigenvalue weighted by Crippen LogP contribution is -2.43. The molecule has 5 rings (SSSR count). The minimum Gasteiger partial charge on any atom is -0.493 e. The Morgan fingerprint density at radius 2 is 1.51 bits per heavy atom. The van der Waals surface area contributed by atoms with Gasteiger partial charge in [-0.2, -0.15) is 0 Å². The first-order valence-electron chi connectivity index (χ1n) is 13.6. The van der Waals surface area contributed by atoms with Crippen molar-refractivity contribution in [2.75, 3.05) is 14.2 Å². The number of ketones is 2. The van der Waals surface area contributed by atoms with Gasteiger partial charge >= 0.3 is 0 Å². The molecule has 39 heavy (non-hydrogen) atoms. The quantitative estimate of drug-likeness (QED) is 0.317. The highest BCUT2D eigenvalue weighted by Gasteiger charge is 2.48. The van der Waals surface area contributed by atoms with Gasteiger partial charge in [-0.05, 0) is 76.4 Å². The van der Waals surface area contributed by atoms with Crippen molar-refractivity contribution in [3.05, 3.63) is 79.2 Å². The lowest BCUT2D eigenvalue weighted by Gasteiger charge is -2.48. The number of carbonyl (C=O) groups is 2. The van der Waals surface area contributed by atoms with Crippen LogP contribution in [0, 0.1) is 21.3 Å². The zero-order chi connectivity index (χ0) is 28.3. The molecule has 0 N–H and O–H groups in total. The molecule has 3 aliphatic rings. The predicted octanol–water partition coefficient (Wildman–Crippen LogP) is 7.50. The van der Waals surface area contributed by atoms with Gasteiger partial charge in [0.15, 0.2) is 23.1 Å². The normalized spacial score (nSPS) is 20.7. The Labute approximate surface area is 245 Å². The van der Waals surface area contributed by atoms with Crippen LogP contribution in [0.3, 0.4) is 0 Å². The molecule has 0 spiro atoms. The number of allylic oxidation sites excluding steroid dienone is 4. The van der Waals surface area contributed by atoms with Gasteiger partial charge in [0.1, 0.15) is 6.61 Å². The number of aryl methyl sites for hydroxylation is 1. The van der Waals surface area contributed by atoms with Crippen LogP contribution in [0.5, 0.6) is 11.5 Å². The van der Waals surface area contributed by atoms with Crippen LogP contribution in [0.15, 0.2) is 58.9 Å². The van der Waals surface area contributed by atoms with E-state index in [0.717, 1.165) is 50.1 Å². The number of hydrogen-bond donors (Lipinski definition) is 0. The molecule has 2 aromatic rings. The van der Waals surface area contributed by atoms with Gasteiger partial charge < -0.3 is 14.4 Å². The lowest BCUT2D eigenvalue weighted by molar-refractivity contribution is -0.119. The topological polar surface area (TPSA) is 55.8 Å². The van der Waals surface area contributed by atoms with E-state index in [-0.39, 0.29) is 22.4 Å². The minimum absolute atomic E-state index is 0.124. The molecule has 0 amide bonds. The Kier molecular flexibility index (Phi) is 7.23. The molecule has 0 fully saturated rings. The number of methoxy groups -OCH3 is 1. The van der Waals surface area contributed by atoms with Gasteiger partial charge in [-0.3, -0.25) is 9.59 Å². The maximum Gasteiger partial charge on any atom is 0.174 e. The monoisotopic (exact) mass is 639 g/mol. The molecule has 0 atom stereocenters. The summed E-state index contributed by atoms with van der Waals surface area (Å²) >= 11 is 2.28. The number of rotatable bonds is 5. The summed E-state index contributed by atoms with van der Waals surface area (Å²) in [5, 5.41) is 0. The highest BCUT2D eigenvalue weighted by molar-refractivity contribution is 14.1. The summed E-state index contributed by atoms with van der Waals surface area (Å²) in [6.07, 6.45) is 2.56. The van der Waals surface area contributed by atoms with Crippen molar-refractivity contribution in [3.63, 3.8) is 0 Å². The van der Waals surface area contributed by atoms with Gasteiger partial charge in [0.05, 0.1) is 10.7 Å². The van der Waals surface area contributed by atoms with E-state index in [1.165, 1.54) is 5.56 Å². The number of hydrogen-bond acceptors (Lipinski definition) is 5. The average molecular weight is 640 g/mol. The number of ether oxygens (including phenoxy) is 2. The lowest BCUT2D eigenvalue weighted by atomic mass is 9.64. The third kappa shape index (κ3) is 5.29. The maximum atomic E-state index is 13.8. The van der Waals surface area contributed by atoms with Gasteiger partial charge in [-0.15, -0.1) is 0 Å². The molecule has 0 radical (unpaired) electrons. The Morgan fingerprint density at radius 1 is 0.923 bits per heavy atom. The maximum absolute atomic E-state index is 13.8. The third-order valence-electron chi connectivity index (χ3n) is 8.23. The van der Waals surface area contributed by atoms with Gasteiger partial charge in [-0.1, -0.05) is 57.5 Å². The molecule has 206 valence electrons. The fourth-order valence-electron chi connectivity index (χ4n) is 6.50. The fourth-order valence-corrected chi connectivity index (χ4v) is 7.28. The van der Waals surface area contributed by atoms with E-state index in [9.17, 15) is 9.59 Å². The van der Waals surface area contributed by atoms with Crippen molar-refractivity contribution in [2.45, 2.75) is 72.8 Å². The zero-order valence-corrected chi connectivity index (χ0v) is 26.2. The van der Waals surface area contributed by atoms with E-state index in [4.69, 9.17) is 9.47 Å². The number of Topliss-reactive ketones (excluding diaryl/α,β-unsaturated/α-hetero) is 2. The van der Waals surface area contributed by atoms with E-state index < -0.39 is 5.92 Å². The Morgan fingerprint density at radius 3 is 2.05 bits per heavy atom. The molecule has 6 heteroatoms. The summed E-state index contributed by atoms with van der Waals surface area (Å²) in [4.78, 5) is 29.8. The first-order chi connectivity index (χ1) is 18.3. The van der Waals surface area contributed by atoms with E-state index in [1.54, 1.807) is 7.11 Å². The van der Waals surface area contributed by atoms with Crippen molar-refractivity contribution < 1.29 is 19.1 Å². The number of nitrogens with zero attached hydrogens (tertiary/aromatic N) is 1. The van der Waals surface area contributed by atoms with Crippen LogP contribution in [0.25, 0.3) is 0 Å². The molecule has 1 heterocycles. The number of halogens is 1. The highest BCUT2D eigenvalue weighted by Crippen LogP contribution is 2.54. The van der Waals surface area contributed by atoms with Gasteiger partial charge in [-0.25, -0.2) is 0 Å². The molecule has 0 bridgehead atoms. The molecule has 0 saturated carbocycles. The van der Waals surface area contributed by atoms with Gasteiger partial charge in [0.2, 0.25) is 0 Å². The molecule has 0 aromatic heterocycles. The van der Waals surface area contributed by atoms with Crippen molar-refractivity contribution in [1.82, 2.24) is 4.90 Å². The van der Waals surface area contributed by atoms with E-state index in [2.05, 4.69) is 80.3 Å². The molecule has 2 aliphatic carbocycles. The van der Waals surface area contributed by atoms with Crippen molar-refractivity contribution >= 4 is 34.2 Å². The Bertz CT molecular complexity index is 1380. The number of carbonyl (C=O) groups excluding carboxylic acids is 2. The summed E-state index contributed by atoms with van der Waals surface area (Å²) in [6.45, 7) is 11.1. The van der Waals surface area contributed by atoms with E-state index in [1.807, 2.05) is 25.2 Å². The second-order valence-electron chi connectivity index (χ2n) is 12.9. The van der Waals surface area contributed by atoms with Crippen molar-refractivity contribution in [3.8, 4) is 11.5 Å². The van der Waals surface area contributed by atoms with Crippen LogP contribution in [-0.2, 0) is 16.2 Å². The van der Waals surface area contributed by atoms with Crippen molar-refractivity contribution in [2.24, 2.45) is 10.8 Å². The first-order valence-corrected chi connectivity index (χ1v) is 14.7. The SMILES string of the molecule is COc1cc(C2C3=C(CC(C)(C)CC3=O)N(C)C3=C2C(=O)CC(C)(C)C3)cc(I)c1OCc1cccc(C)c1. The summed E-state index contributed by atoms with van der Waals surface area (Å²) in [5.41, 5.74) is 6.59. The molecular formula is C33H38INO4. The summed E-state index contributed by atoms with van der Waals surface area (Å²) < 4.78 is 13.0. The van der Waals surface area contributed by atoms with Gasteiger partial charge in [0, 0.05) is 48.3 Å². The second kappa shape index (κ2) is 10.1. The predicted molar refractivity (Wildman–Crippen MR) is 162 cm³/mol. The van der Waals surface area contributed by atoms with Crippen molar-refractivity contribution in [1.29, 1.82) is 0 Å². The first kappa shape index (κ1) is 27.9. The fraction of sp³-hybridized carbons (Fsp3) is 0.455. The molecular weight excluding hydrogens is 601 g/mol. The average Bonchev–Trinajstić information content (AvgIpc) is 2.83. The van der Waals surface area contributed by atoms with E-state index >= 15 is 0 Å². The summed E-state index contributed by atoms with van der Waals surface area (Å²) in [5.74, 6) is 1.16. The molecule has 1 aliphatic heterocycles. The van der Waals surface area contributed by atoms with Crippen LogP contribution >= 0.6 is 22.6 Å². The van der Waals surface area contributed by atoms with Crippen LogP contribution in [0.2, 0.25) is 0 Å². The van der Waals surface area contributed by atoms with Gasteiger partial charge in [0.25, 0.3) is 0 Å². The van der Waals surface area contributed by atoms with E-state index in [0.29, 0.717) is 30.9 Å². The molecule has 0 unspecified atom stereocenters. The third-order valence-corrected chi connectivity index (χ3v) is 9.03.